The summed E-state index contributed by atoms with van der Waals surface area (Å²) >= 11 is 7.83. The van der Waals surface area contributed by atoms with Crippen molar-refractivity contribution in [1.82, 2.24) is 15.0 Å². The summed E-state index contributed by atoms with van der Waals surface area (Å²) in [5, 5.41) is 10.6. The van der Waals surface area contributed by atoms with E-state index in [2.05, 4.69) is 21.0 Å². The van der Waals surface area contributed by atoms with Crippen LogP contribution in [0, 0.1) is 18.3 Å². The van der Waals surface area contributed by atoms with Crippen LogP contribution < -0.4 is 4.74 Å². The Bertz CT molecular complexity index is 809. The third-order valence-corrected chi connectivity index (χ3v) is 5.54. The lowest BCUT2D eigenvalue weighted by molar-refractivity contribution is 0.177. The monoisotopic (exact) mass is 346 g/mol. The molecular weight excluding hydrogens is 332 g/mol. The van der Waals surface area contributed by atoms with Crippen molar-refractivity contribution >= 4 is 22.9 Å². The fraction of sp³-hybridized carbons (Fsp3) is 0.500. The van der Waals surface area contributed by atoms with E-state index in [4.69, 9.17) is 16.3 Å². The molecule has 1 fully saturated rings. The smallest absolute Gasteiger partial charge is 0.237 e. The van der Waals surface area contributed by atoms with Crippen molar-refractivity contribution in [2.75, 3.05) is 0 Å². The van der Waals surface area contributed by atoms with Crippen LogP contribution in [-0.4, -0.2) is 15.0 Å². The molecule has 1 unspecified atom stereocenters. The Morgan fingerprint density at radius 3 is 2.83 bits per heavy atom. The number of hydrogen-bond acceptors (Lipinski definition) is 6. The van der Waals surface area contributed by atoms with E-state index in [-0.39, 0.29) is 16.8 Å². The van der Waals surface area contributed by atoms with E-state index < -0.39 is 0 Å². The molecule has 118 valence electrons. The zero-order valence-electron chi connectivity index (χ0n) is 12.7. The van der Waals surface area contributed by atoms with Crippen LogP contribution in [0.5, 0.6) is 5.88 Å². The van der Waals surface area contributed by atoms with E-state index in [1.54, 1.807) is 11.3 Å². The molecule has 2 aliphatic carbocycles. The molecule has 0 aliphatic heterocycles. The van der Waals surface area contributed by atoms with E-state index >= 15 is 0 Å². The maximum absolute atomic E-state index is 9.37. The van der Waals surface area contributed by atoms with Gasteiger partial charge in [-0.1, -0.05) is 11.6 Å². The summed E-state index contributed by atoms with van der Waals surface area (Å²) in [7, 11) is 0. The van der Waals surface area contributed by atoms with Gasteiger partial charge in [-0.25, -0.2) is 9.97 Å². The summed E-state index contributed by atoms with van der Waals surface area (Å²) < 4.78 is 6.13. The molecule has 1 saturated carbocycles. The largest absolute Gasteiger partial charge is 0.467 e. The van der Waals surface area contributed by atoms with E-state index in [0.717, 1.165) is 47.7 Å². The molecule has 2 heterocycles. The van der Waals surface area contributed by atoms with Crippen LogP contribution in [0.4, 0.5) is 0 Å². The van der Waals surface area contributed by atoms with Crippen LogP contribution in [0.15, 0.2) is 0 Å². The first-order valence-electron chi connectivity index (χ1n) is 7.76. The van der Waals surface area contributed by atoms with Crippen molar-refractivity contribution in [2.24, 2.45) is 0 Å². The van der Waals surface area contributed by atoms with E-state index in [0.29, 0.717) is 17.6 Å². The zero-order chi connectivity index (χ0) is 16.0. The molecule has 0 bridgehead atoms. The number of rotatable bonds is 3. The zero-order valence-corrected chi connectivity index (χ0v) is 14.2. The minimum absolute atomic E-state index is 0.102. The van der Waals surface area contributed by atoms with Gasteiger partial charge in [0.15, 0.2) is 10.7 Å². The molecule has 0 radical (unpaired) electrons. The average Bonchev–Trinajstić information content (AvgIpc) is 3.29. The molecule has 5 nitrogen and oxygen atoms in total. The number of ether oxygens (including phenoxy) is 1. The number of hydrogen-bond donors (Lipinski definition) is 0. The molecule has 0 N–H and O–H groups in total. The lowest BCUT2D eigenvalue weighted by Crippen LogP contribution is -2.15. The first kappa shape index (κ1) is 14.9. The SMILES string of the molecule is Cc1nc2c(s1)C(Oc1nc(C3CC3)nc(Cl)c1C#N)CCC2. The Balaban J connectivity index is 1.70. The summed E-state index contributed by atoms with van der Waals surface area (Å²) in [6.07, 6.45) is 4.96. The van der Waals surface area contributed by atoms with Gasteiger partial charge in [-0.15, -0.1) is 11.3 Å². The van der Waals surface area contributed by atoms with Gasteiger partial charge in [0.25, 0.3) is 0 Å². The minimum Gasteiger partial charge on any atom is -0.467 e. The fourth-order valence-corrected chi connectivity index (χ4v) is 4.13. The Hall–Kier alpha value is -1.71. The molecule has 2 aromatic rings. The van der Waals surface area contributed by atoms with Crippen LogP contribution in [0.2, 0.25) is 5.15 Å². The lowest BCUT2D eigenvalue weighted by atomic mass is 10.0. The number of halogens is 1. The molecular formula is C16H15ClN4OS. The standard InChI is InChI=1S/C16H15ClN4OS/c1-8-19-11-3-2-4-12(13(11)23-8)22-16-10(7-18)14(17)20-15(21-16)9-5-6-9/h9,12H,2-6H2,1H3. The Morgan fingerprint density at radius 2 is 2.09 bits per heavy atom. The third-order valence-electron chi connectivity index (χ3n) is 4.16. The summed E-state index contributed by atoms with van der Waals surface area (Å²) in [4.78, 5) is 14.5. The van der Waals surface area contributed by atoms with Gasteiger partial charge in [0, 0.05) is 5.92 Å². The highest BCUT2D eigenvalue weighted by molar-refractivity contribution is 7.11. The van der Waals surface area contributed by atoms with Gasteiger partial charge in [0.2, 0.25) is 5.88 Å². The second-order valence-corrected chi connectivity index (χ2v) is 7.57. The van der Waals surface area contributed by atoms with Crippen molar-refractivity contribution in [3.63, 3.8) is 0 Å². The molecule has 0 saturated heterocycles. The second-order valence-electron chi connectivity index (χ2n) is 5.98. The van der Waals surface area contributed by atoms with E-state index in [9.17, 15) is 5.26 Å². The number of aromatic nitrogens is 3. The van der Waals surface area contributed by atoms with Crippen LogP contribution in [-0.2, 0) is 6.42 Å². The van der Waals surface area contributed by atoms with Crippen molar-refractivity contribution in [3.05, 3.63) is 32.1 Å². The Kier molecular flexibility index (Phi) is 3.70. The topological polar surface area (TPSA) is 71.7 Å². The molecule has 1 atom stereocenters. The number of aryl methyl sites for hydroxylation is 2. The molecule has 0 spiro atoms. The first-order chi connectivity index (χ1) is 11.2. The highest BCUT2D eigenvalue weighted by Crippen LogP contribution is 2.42. The van der Waals surface area contributed by atoms with Gasteiger partial charge in [-0.3, -0.25) is 0 Å². The molecule has 0 amide bonds. The average molecular weight is 347 g/mol. The van der Waals surface area contributed by atoms with Crippen LogP contribution in [0.25, 0.3) is 0 Å². The van der Waals surface area contributed by atoms with Gasteiger partial charge in [0.05, 0.1) is 15.6 Å². The van der Waals surface area contributed by atoms with Crippen molar-refractivity contribution < 1.29 is 4.74 Å². The highest BCUT2D eigenvalue weighted by atomic mass is 35.5. The van der Waals surface area contributed by atoms with Crippen molar-refractivity contribution in [3.8, 4) is 11.9 Å². The van der Waals surface area contributed by atoms with Gasteiger partial charge in [0.1, 0.15) is 18.0 Å². The van der Waals surface area contributed by atoms with E-state index in [1.807, 2.05) is 6.92 Å². The van der Waals surface area contributed by atoms with E-state index in [1.165, 1.54) is 0 Å². The van der Waals surface area contributed by atoms with Crippen molar-refractivity contribution in [2.45, 2.75) is 51.0 Å². The van der Waals surface area contributed by atoms with Gasteiger partial charge >= 0.3 is 0 Å². The Morgan fingerprint density at radius 1 is 1.26 bits per heavy atom. The number of nitrogens with zero attached hydrogens (tertiary/aromatic N) is 4. The second kappa shape index (κ2) is 5.73. The first-order valence-corrected chi connectivity index (χ1v) is 8.95. The van der Waals surface area contributed by atoms with Gasteiger partial charge < -0.3 is 4.74 Å². The summed E-state index contributed by atoms with van der Waals surface area (Å²) in [5.74, 6) is 1.37. The highest BCUT2D eigenvalue weighted by Gasteiger charge is 2.31. The lowest BCUT2D eigenvalue weighted by Gasteiger charge is -2.22. The van der Waals surface area contributed by atoms with Crippen LogP contribution in [0.3, 0.4) is 0 Å². The summed E-state index contributed by atoms with van der Waals surface area (Å²) in [6.45, 7) is 2.01. The maximum atomic E-state index is 9.37. The third kappa shape index (κ3) is 2.79. The summed E-state index contributed by atoms with van der Waals surface area (Å²) in [6, 6.07) is 2.08. The normalized spacial score (nSPS) is 20.0. The molecule has 2 aromatic heterocycles. The minimum atomic E-state index is -0.102. The van der Waals surface area contributed by atoms with Gasteiger partial charge in [-0.2, -0.15) is 10.2 Å². The molecule has 23 heavy (non-hydrogen) atoms. The van der Waals surface area contributed by atoms with Crippen LogP contribution in [0.1, 0.15) is 64.7 Å². The number of fused-ring (bicyclic) bond motifs is 1. The van der Waals surface area contributed by atoms with Crippen LogP contribution >= 0.6 is 22.9 Å². The van der Waals surface area contributed by atoms with Crippen molar-refractivity contribution in [1.29, 1.82) is 5.26 Å². The Labute approximate surface area is 143 Å². The summed E-state index contributed by atoms with van der Waals surface area (Å²) in [5.41, 5.74) is 1.34. The predicted molar refractivity (Wildman–Crippen MR) is 86.9 cm³/mol. The predicted octanol–water partition coefficient (Wildman–Crippen LogP) is 4.10. The quantitative estimate of drug-likeness (QED) is 0.782. The molecule has 7 heteroatoms. The molecule has 4 rings (SSSR count). The molecule has 2 aliphatic rings. The maximum Gasteiger partial charge on any atom is 0.237 e. The number of nitriles is 1. The number of thiazole rings is 1. The fourth-order valence-electron chi connectivity index (χ4n) is 2.88. The van der Waals surface area contributed by atoms with Gasteiger partial charge in [-0.05, 0) is 39.0 Å². The molecule has 0 aromatic carbocycles.